The molecule has 5 heteroatoms. The highest BCUT2D eigenvalue weighted by Crippen LogP contribution is 2.21. The Kier molecular flexibility index (Phi) is 4.17. The monoisotopic (exact) mass is 240 g/mol. The number of halogens is 1. The summed E-state index contributed by atoms with van der Waals surface area (Å²) in [7, 11) is 0. The number of anilines is 1. The van der Waals surface area contributed by atoms with E-state index in [1.165, 1.54) is 6.07 Å². The van der Waals surface area contributed by atoms with E-state index < -0.39 is 5.82 Å². The Hall–Kier alpha value is -1.33. The highest BCUT2D eigenvalue weighted by molar-refractivity contribution is 5.45. The molecular formula is C12H17FN2O2. The molecule has 0 spiro atoms. The molecule has 0 aromatic heterocycles. The number of benzene rings is 1. The van der Waals surface area contributed by atoms with Crippen LogP contribution in [0.5, 0.6) is 5.75 Å². The Balaban J connectivity index is 1.79. The van der Waals surface area contributed by atoms with Crippen LogP contribution in [-0.2, 0) is 4.74 Å². The number of morpholine rings is 1. The first-order valence-corrected chi connectivity index (χ1v) is 5.74. The van der Waals surface area contributed by atoms with Crippen molar-refractivity contribution >= 4 is 5.69 Å². The van der Waals surface area contributed by atoms with Crippen molar-refractivity contribution in [1.82, 2.24) is 4.90 Å². The second kappa shape index (κ2) is 5.84. The zero-order valence-electron chi connectivity index (χ0n) is 9.69. The molecule has 0 unspecified atom stereocenters. The van der Waals surface area contributed by atoms with Crippen LogP contribution in [0.25, 0.3) is 0 Å². The standard InChI is InChI=1S/C12H17FN2O2/c13-12-10(14)2-1-3-11(12)17-9-6-15-4-7-16-8-5-15/h1-3H,4-9,14H2. The van der Waals surface area contributed by atoms with E-state index in [0.29, 0.717) is 6.61 Å². The van der Waals surface area contributed by atoms with Crippen LogP contribution in [0.1, 0.15) is 0 Å². The zero-order valence-corrected chi connectivity index (χ0v) is 9.69. The van der Waals surface area contributed by atoms with E-state index in [1.54, 1.807) is 12.1 Å². The third-order valence-corrected chi connectivity index (χ3v) is 2.76. The molecule has 0 bridgehead atoms. The first-order valence-electron chi connectivity index (χ1n) is 5.74. The van der Waals surface area contributed by atoms with Gasteiger partial charge < -0.3 is 15.2 Å². The smallest absolute Gasteiger partial charge is 0.187 e. The fourth-order valence-corrected chi connectivity index (χ4v) is 1.75. The van der Waals surface area contributed by atoms with Crippen molar-refractivity contribution < 1.29 is 13.9 Å². The second-order valence-corrected chi connectivity index (χ2v) is 3.96. The Morgan fingerprint density at radius 3 is 2.88 bits per heavy atom. The van der Waals surface area contributed by atoms with E-state index >= 15 is 0 Å². The lowest BCUT2D eigenvalue weighted by Gasteiger charge is -2.26. The summed E-state index contributed by atoms with van der Waals surface area (Å²) in [6.07, 6.45) is 0. The van der Waals surface area contributed by atoms with Crippen molar-refractivity contribution in [3.63, 3.8) is 0 Å². The van der Waals surface area contributed by atoms with Crippen LogP contribution in [0.2, 0.25) is 0 Å². The first-order chi connectivity index (χ1) is 8.27. The van der Waals surface area contributed by atoms with E-state index in [9.17, 15) is 4.39 Å². The fourth-order valence-electron chi connectivity index (χ4n) is 1.75. The van der Waals surface area contributed by atoms with Gasteiger partial charge in [-0.3, -0.25) is 4.90 Å². The molecule has 1 aliphatic heterocycles. The molecule has 1 heterocycles. The van der Waals surface area contributed by atoms with Gasteiger partial charge in [-0.25, -0.2) is 4.39 Å². The molecule has 1 fully saturated rings. The van der Waals surface area contributed by atoms with Gasteiger partial charge in [0.2, 0.25) is 0 Å². The number of nitrogens with zero attached hydrogens (tertiary/aromatic N) is 1. The third kappa shape index (κ3) is 3.31. The van der Waals surface area contributed by atoms with Gasteiger partial charge in [0.15, 0.2) is 11.6 Å². The number of rotatable bonds is 4. The third-order valence-electron chi connectivity index (χ3n) is 2.76. The average Bonchev–Trinajstić information content (AvgIpc) is 2.36. The summed E-state index contributed by atoms with van der Waals surface area (Å²) >= 11 is 0. The van der Waals surface area contributed by atoms with E-state index in [4.69, 9.17) is 15.2 Å². The Morgan fingerprint density at radius 2 is 2.12 bits per heavy atom. The molecule has 0 amide bonds. The van der Waals surface area contributed by atoms with E-state index in [2.05, 4.69) is 4.90 Å². The van der Waals surface area contributed by atoms with Crippen LogP contribution in [-0.4, -0.2) is 44.4 Å². The first kappa shape index (κ1) is 12.1. The quantitative estimate of drug-likeness (QED) is 0.801. The normalized spacial score (nSPS) is 17.0. The average molecular weight is 240 g/mol. The molecule has 0 aliphatic carbocycles. The summed E-state index contributed by atoms with van der Waals surface area (Å²) in [6.45, 7) is 4.56. The summed E-state index contributed by atoms with van der Waals surface area (Å²) in [5.41, 5.74) is 5.57. The molecule has 0 radical (unpaired) electrons. The topological polar surface area (TPSA) is 47.7 Å². The van der Waals surface area contributed by atoms with Gasteiger partial charge in [-0.2, -0.15) is 0 Å². The molecular weight excluding hydrogens is 223 g/mol. The minimum atomic E-state index is -0.477. The predicted octanol–water partition coefficient (Wildman–Crippen LogP) is 1.12. The van der Waals surface area contributed by atoms with Crippen molar-refractivity contribution in [1.29, 1.82) is 0 Å². The molecule has 1 saturated heterocycles. The van der Waals surface area contributed by atoms with Crippen molar-refractivity contribution in [2.45, 2.75) is 0 Å². The molecule has 1 aromatic carbocycles. The summed E-state index contributed by atoms with van der Waals surface area (Å²) in [5.74, 6) is -0.257. The predicted molar refractivity (Wildman–Crippen MR) is 63.6 cm³/mol. The fraction of sp³-hybridized carbons (Fsp3) is 0.500. The molecule has 2 rings (SSSR count). The maximum Gasteiger partial charge on any atom is 0.187 e. The van der Waals surface area contributed by atoms with Gasteiger partial charge >= 0.3 is 0 Å². The minimum absolute atomic E-state index is 0.119. The van der Waals surface area contributed by atoms with E-state index in [1.807, 2.05) is 0 Å². The van der Waals surface area contributed by atoms with Crippen molar-refractivity contribution in [3.05, 3.63) is 24.0 Å². The maximum atomic E-state index is 13.5. The van der Waals surface area contributed by atoms with Crippen LogP contribution in [0.15, 0.2) is 18.2 Å². The molecule has 2 N–H and O–H groups in total. The number of hydrogen-bond donors (Lipinski definition) is 1. The number of ether oxygens (including phenoxy) is 2. The number of nitrogens with two attached hydrogens (primary N) is 1. The lowest BCUT2D eigenvalue weighted by atomic mass is 10.3. The summed E-state index contributed by atoms with van der Waals surface area (Å²) in [5, 5.41) is 0. The van der Waals surface area contributed by atoms with Crippen LogP contribution >= 0.6 is 0 Å². The van der Waals surface area contributed by atoms with Crippen LogP contribution in [0, 0.1) is 5.82 Å². The molecule has 1 aliphatic rings. The van der Waals surface area contributed by atoms with Crippen molar-refractivity contribution in [2.24, 2.45) is 0 Å². The SMILES string of the molecule is Nc1cccc(OCCN2CCOCC2)c1F. The summed E-state index contributed by atoms with van der Waals surface area (Å²) < 4.78 is 24.1. The van der Waals surface area contributed by atoms with Gasteiger partial charge in [-0.1, -0.05) is 6.07 Å². The molecule has 94 valence electrons. The molecule has 4 nitrogen and oxygen atoms in total. The van der Waals surface area contributed by atoms with Crippen molar-refractivity contribution in [2.75, 3.05) is 45.2 Å². The van der Waals surface area contributed by atoms with Gasteiger partial charge in [0.05, 0.1) is 18.9 Å². The zero-order chi connectivity index (χ0) is 12.1. The number of nitrogen functional groups attached to an aromatic ring is 1. The summed E-state index contributed by atoms with van der Waals surface area (Å²) in [4.78, 5) is 2.23. The van der Waals surface area contributed by atoms with Gasteiger partial charge in [0, 0.05) is 19.6 Å². The van der Waals surface area contributed by atoms with Gasteiger partial charge in [0.1, 0.15) is 6.61 Å². The second-order valence-electron chi connectivity index (χ2n) is 3.96. The largest absolute Gasteiger partial charge is 0.489 e. The molecule has 1 aromatic rings. The van der Waals surface area contributed by atoms with Crippen LogP contribution in [0.3, 0.4) is 0 Å². The Morgan fingerprint density at radius 1 is 1.35 bits per heavy atom. The van der Waals surface area contributed by atoms with Crippen LogP contribution in [0.4, 0.5) is 10.1 Å². The Labute approximate surface area is 100 Å². The highest BCUT2D eigenvalue weighted by Gasteiger charge is 2.11. The van der Waals surface area contributed by atoms with Gasteiger partial charge in [-0.05, 0) is 12.1 Å². The van der Waals surface area contributed by atoms with E-state index in [0.717, 1.165) is 32.8 Å². The minimum Gasteiger partial charge on any atom is -0.489 e. The molecule has 17 heavy (non-hydrogen) atoms. The van der Waals surface area contributed by atoms with Gasteiger partial charge in [-0.15, -0.1) is 0 Å². The highest BCUT2D eigenvalue weighted by atomic mass is 19.1. The molecule has 0 atom stereocenters. The Bertz CT molecular complexity index is 368. The molecule has 0 saturated carbocycles. The van der Waals surface area contributed by atoms with Crippen molar-refractivity contribution in [3.8, 4) is 5.75 Å². The lowest BCUT2D eigenvalue weighted by molar-refractivity contribution is 0.0320. The maximum absolute atomic E-state index is 13.5. The lowest BCUT2D eigenvalue weighted by Crippen LogP contribution is -2.38. The van der Waals surface area contributed by atoms with Crippen LogP contribution < -0.4 is 10.5 Å². The number of hydrogen-bond acceptors (Lipinski definition) is 4. The summed E-state index contributed by atoms with van der Waals surface area (Å²) in [6, 6.07) is 4.79. The van der Waals surface area contributed by atoms with E-state index in [-0.39, 0.29) is 11.4 Å². The van der Waals surface area contributed by atoms with Gasteiger partial charge in [0.25, 0.3) is 0 Å².